The van der Waals surface area contributed by atoms with E-state index in [-0.39, 0.29) is 24.5 Å². The third-order valence-corrected chi connectivity index (χ3v) is 3.18. The fourth-order valence-electron chi connectivity index (χ4n) is 2.42. The van der Waals surface area contributed by atoms with Gasteiger partial charge in [-0.05, 0) is 38.1 Å². The second-order valence-electron chi connectivity index (χ2n) is 5.09. The van der Waals surface area contributed by atoms with E-state index in [1.807, 2.05) is 30.3 Å². The van der Waals surface area contributed by atoms with E-state index in [2.05, 4.69) is 24.1 Å². The molecule has 2 atom stereocenters. The van der Waals surface area contributed by atoms with Crippen molar-refractivity contribution >= 4 is 17.3 Å². The Morgan fingerprint density at radius 3 is 2.50 bits per heavy atom. The van der Waals surface area contributed by atoms with E-state index in [4.69, 9.17) is 10.00 Å². The average molecular weight is 273 g/mol. The van der Waals surface area contributed by atoms with Gasteiger partial charge < -0.3 is 15.0 Å². The quantitative estimate of drug-likeness (QED) is 0.916. The zero-order valence-corrected chi connectivity index (χ0v) is 11.8. The number of anilines is 2. The molecule has 1 aliphatic rings. The lowest BCUT2D eigenvalue weighted by molar-refractivity contribution is -0.115. The minimum atomic E-state index is -0.283. The molecule has 5 nitrogen and oxygen atoms in total. The number of morpholine rings is 1. The number of benzene rings is 1. The van der Waals surface area contributed by atoms with Crippen molar-refractivity contribution in [2.75, 3.05) is 23.3 Å². The molecule has 0 spiro atoms. The summed E-state index contributed by atoms with van der Waals surface area (Å²) in [7, 11) is 0. The summed E-state index contributed by atoms with van der Waals surface area (Å²) >= 11 is 0. The summed E-state index contributed by atoms with van der Waals surface area (Å²) in [6.07, 6.45) is 0.308. The Bertz CT molecular complexity index is 497. The Morgan fingerprint density at radius 2 is 1.95 bits per heavy atom. The smallest absolute Gasteiger partial charge is 0.238 e. The van der Waals surface area contributed by atoms with Crippen LogP contribution in [0, 0.1) is 11.3 Å². The molecule has 1 aliphatic heterocycles. The summed E-state index contributed by atoms with van der Waals surface area (Å²) in [5.74, 6) is -0.283. The normalized spacial score (nSPS) is 22.1. The van der Waals surface area contributed by atoms with E-state index in [9.17, 15) is 4.79 Å². The first-order valence-corrected chi connectivity index (χ1v) is 6.75. The van der Waals surface area contributed by atoms with Crippen LogP contribution in [0.4, 0.5) is 11.4 Å². The molecule has 0 saturated carbocycles. The molecule has 1 fully saturated rings. The largest absolute Gasteiger partial charge is 0.372 e. The molecule has 0 aromatic heterocycles. The van der Waals surface area contributed by atoms with Crippen LogP contribution in [0.15, 0.2) is 24.3 Å². The molecule has 2 rings (SSSR count). The number of hydrogen-bond acceptors (Lipinski definition) is 4. The van der Waals surface area contributed by atoms with Gasteiger partial charge in [0.2, 0.25) is 5.91 Å². The molecule has 1 N–H and O–H groups in total. The third kappa shape index (κ3) is 3.72. The number of ether oxygens (including phenoxy) is 1. The lowest BCUT2D eigenvalue weighted by atomic mass is 10.2. The van der Waals surface area contributed by atoms with Crippen LogP contribution < -0.4 is 10.2 Å². The number of nitrogens with one attached hydrogen (secondary N) is 1. The second kappa shape index (κ2) is 6.40. The van der Waals surface area contributed by atoms with Gasteiger partial charge in [-0.2, -0.15) is 5.26 Å². The fraction of sp³-hybridized carbons (Fsp3) is 0.467. The van der Waals surface area contributed by atoms with Gasteiger partial charge in [-0.3, -0.25) is 4.79 Å². The molecule has 1 saturated heterocycles. The minimum absolute atomic E-state index is 0.125. The van der Waals surface area contributed by atoms with E-state index in [1.165, 1.54) is 0 Å². The summed E-state index contributed by atoms with van der Waals surface area (Å²) in [5.41, 5.74) is 1.83. The lowest BCUT2D eigenvalue weighted by Gasteiger charge is -2.36. The Labute approximate surface area is 119 Å². The molecule has 0 aliphatic carbocycles. The summed E-state index contributed by atoms with van der Waals surface area (Å²) in [5, 5.41) is 11.1. The fourth-order valence-corrected chi connectivity index (χ4v) is 2.42. The highest BCUT2D eigenvalue weighted by molar-refractivity contribution is 5.92. The predicted molar refractivity (Wildman–Crippen MR) is 77.5 cm³/mol. The molecule has 20 heavy (non-hydrogen) atoms. The molecule has 2 unspecified atom stereocenters. The Morgan fingerprint density at radius 1 is 1.35 bits per heavy atom. The minimum Gasteiger partial charge on any atom is -0.372 e. The van der Waals surface area contributed by atoms with Crippen molar-refractivity contribution < 1.29 is 9.53 Å². The van der Waals surface area contributed by atoms with Crippen LogP contribution in [-0.4, -0.2) is 31.2 Å². The maximum Gasteiger partial charge on any atom is 0.238 e. The molecule has 106 valence electrons. The lowest BCUT2D eigenvalue weighted by Crippen LogP contribution is -2.45. The molecule has 1 heterocycles. The molecule has 0 bridgehead atoms. The monoisotopic (exact) mass is 273 g/mol. The highest BCUT2D eigenvalue weighted by Gasteiger charge is 2.22. The van der Waals surface area contributed by atoms with Crippen LogP contribution >= 0.6 is 0 Å². The van der Waals surface area contributed by atoms with Gasteiger partial charge in [0.15, 0.2) is 0 Å². The van der Waals surface area contributed by atoms with Gasteiger partial charge in [-0.15, -0.1) is 0 Å². The van der Waals surface area contributed by atoms with Crippen LogP contribution in [0.3, 0.4) is 0 Å². The summed E-state index contributed by atoms with van der Waals surface area (Å²) < 4.78 is 5.71. The standard InChI is InChI=1S/C15H19N3O2/c1-11-9-18(10-12(2)20-11)14-5-3-13(4-6-14)17-15(19)7-8-16/h3-6,11-12H,7,9-10H2,1-2H3,(H,17,19). The molecule has 5 heteroatoms. The van der Waals surface area contributed by atoms with Crippen LogP contribution in [0.5, 0.6) is 0 Å². The highest BCUT2D eigenvalue weighted by atomic mass is 16.5. The number of amides is 1. The zero-order valence-electron chi connectivity index (χ0n) is 11.8. The molecule has 1 aromatic rings. The zero-order chi connectivity index (χ0) is 14.5. The van der Waals surface area contributed by atoms with E-state index < -0.39 is 0 Å². The Kier molecular flexibility index (Phi) is 4.59. The number of hydrogen-bond donors (Lipinski definition) is 1. The first kappa shape index (κ1) is 14.4. The van der Waals surface area contributed by atoms with E-state index in [0.717, 1.165) is 18.8 Å². The number of nitrogens with zero attached hydrogens (tertiary/aromatic N) is 2. The maximum atomic E-state index is 11.3. The van der Waals surface area contributed by atoms with Crippen molar-refractivity contribution in [3.63, 3.8) is 0 Å². The SMILES string of the molecule is CC1CN(c2ccc(NC(=O)CC#N)cc2)CC(C)O1. The first-order chi connectivity index (χ1) is 9.58. The highest BCUT2D eigenvalue weighted by Crippen LogP contribution is 2.22. The van der Waals surface area contributed by atoms with Gasteiger partial charge in [-0.1, -0.05) is 0 Å². The van der Waals surface area contributed by atoms with Crippen molar-refractivity contribution in [3.8, 4) is 6.07 Å². The second-order valence-corrected chi connectivity index (χ2v) is 5.09. The van der Waals surface area contributed by atoms with Gasteiger partial charge in [-0.25, -0.2) is 0 Å². The van der Waals surface area contributed by atoms with Gasteiger partial charge in [0.05, 0.1) is 18.3 Å². The molecular formula is C15H19N3O2. The number of carbonyl (C=O) groups excluding carboxylic acids is 1. The van der Waals surface area contributed by atoms with Crippen LogP contribution in [0.1, 0.15) is 20.3 Å². The van der Waals surface area contributed by atoms with Crippen LogP contribution in [0.25, 0.3) is 0 Å². The van der Waals surface area contributed by atoms with E-state index >= 15 is 0 Å². The average Bonchev–Trinajstić information content (AvgIpc) is 2.38. The van der Waals surface area contributed by atoms with Crippen LogP contribution in [0.2, 0.25) is 0 Å². The van der Waals surface area contributed by atoms with Gasteiger partial charge >= 0.3 is 0 Å². The van der Waals surface area contributed by atoms with Crippen molar-refractivity contribution in [1.29, 1.82) is 5.26 Å². The topological polar surface area (TPSA) is 65.4 Å². The summed E-state index contributed by atoms with van der Waals surface area (Å²) in [6.45, 7) is 5.87. The Balaban J connectivity index is 2.01. The third-order valence-electron chi connectivity index (χ3n) is 3.18. The molecule has 0 radical (unpaired) electrons. The van der Waals surface area contributed by atoms with Gasteiger partial charge in [0, 0.05) is 24.5 Å². The Hall–Kier alpha value is -2.06. The predicted octanol–water partition coefficient (Wildman–Crippen LogP) is 2.15. The van der Waals surface area contributed by atoms with Crippen molar-refractivity contribution in [1.82, 2.24) is 0 Å². The van der Waals surface area contributed by atoms with Crippen molar-refractivity contribution in [2.24, 2.45) is 0 Å². The molecular weight excluding hydrogens is 254 g/mol. The number of carbonyl (C=O) groups is 1. The van der Waals surface area contributed by atoms with Gasteiger partial charge in [0.1, 0.15) is 6.42 Å². The summed E-state index contributed by atoms with van der Waals surface area (Å²) in [6, 6.07) is 9.50. The van der Waals surface area contributed by atoms with Crippen LogP contribution in [-0.2, 0) is 9.53 Å². The maximum absolute atomic E-state index is 11.3. The van der Waals surface area contributed by atoms with E-state index in [0.29, 0.717) is 5.69 Å². The van der Waals surface area contributed by atoms with Crippen molar-refractivity contribution in [3.05, 3.63) is 24.3 Å². The number of rotatable bonds is 3. The first-order valence-electron chi connectivity index (χ1n) is 6.75. The summed E-state index contributed by atoms with van der Waals surface area (Å²) in [4.78, 5) is 13.6. The van der Waals surface area contributed by atoms with Gasteiger partial charge in [0.25, 0.3) is 0 Å². The number of nitriles is 1. The van der Waals surface area contributed by atoms with Crippen molar-refractivity contribution in [2.45, 2.75) is 32.5 Å². The van der Waals surface area contributed by atoms with E-state index in [1.54, 1.807) is 0 Å². The molecule has 1 amide bonds. The molecule has 1 aromatic carbocycles.